The van der Waals surface area contributed by atoms with Crippen molar-refractivity contribution in [2.75, 3.05) is 5.32 Å². The predicted molar refractivity (Wildman–Crippen MR) is 79.3 cm³/mol. The van der Waals surface area contributed by atoms with Crippen molar-refractivity contribution in [2.24, 2.45) is 0 Å². The highest BCUT2D eigenvalue weighted by molar-refractivity contribution is 7.99. The fraction of sp³-hybridized carbons (Fsp3) is 0.200. The Balaban J connectivity index is 1.88. The van der Waals surface area contributed by atoms with Crippen molar-refractivity contribution in [3.05, 3.63) is 54.0 Å². The molecule has 5 heteroatoms. The van der Waals surface area contributed by atoms with Gasteiger partial charge in [-0.05, 0) is 37.3 Å². The third-order valence-corrected chi connectivity index (χ3v) is 3.85. The zero-order valence-electron chi connectivity index (χ0n) is 11.0. The van der Waals surface area contributed by atoms with E-state index >= 15 is 0 Å². The number of nitriles is 1. The number of carbonyl (C=O) groups excluding carboxylic acids is 1. The zero-order valence-corrected chi connectivity index (χ0v) is 11.8. The van der Waals surface area contributed by atoms with Crippen LogP contribution in [0.15, 0.2) is 47.1 Å². The minimum Gasteiger partial charge on any atom is -0.468 e. The van der Waals surface area contributed by atoms with E-state index in [1.54, 1.807) is 30.5 Å². The molecule has 0 aliphatic heterocycles. The fourth-order valence-corrected chi connectivity index (χ4v) is 2.38. The Bertz CT molecular complexity index is 617. The SMILES string of the molecule is CC(SCc1ccco1)C(=O)Nc1cccc(C#N)c1. The number of rotatable bonds is 5. The highest BCUT2D eigenvalue weighted by Gasteiger charge is 2.14. The lowest BCUT2D eigenvalue weighted by Crippen LogP contribution is -2.22. The van der Waals surface area contributed by atoms with E-state index in [1.807, 2.05) is 25.1 Å². The lowest BCUT2D eigenvalue weighted by molar-refractivity contribution is -0.115. The first-order chi connectivity index (χ1) is 9.69. The summed E-state index contributed by atoms with van der Waals surface area (Å²) in [4.78, 5) is 12.0. The van der Waals surface area contributed by atoms with Gasteiger partial charge in [-0.2, -0.15) is 5.26 Å². The van der Waals surface area contributed by atoms with Gasteiger partial charge in [-0.15, -0.1) is 11.8 Å². The second-order valence-corrected chi connectivity index (χ2v) is 5.54. The number of amides is 1. The van der Waals surface area contributed by atoms with Crippen molar-refractivity contribution >= 4 is 23.4 Å². The Morgan fingerprint density at radius 1 is 1.45 bits per heavy atom. The normalized spacial score (nSPS) is 11.6. The van der Waals surface area contributed by atoms with Gasteiger partial charge < -0.3 is 9.73 Å². The third kappa shape index (κ3) is 3.90. The van der Waals surface area contributed by atoms with Gasteiger partial charge in [0.05, 0.1) is 28.9 Å². The predicted octanol–water partition coefficient (Wildman–Crippen LogP) is 3.41. The first kappa shape index (κ1) is 14.2. The van der Waals surface area contributed by atoms with Crippen LogP contribution in [-0.4, -0.2) is 11.2 Å². The maximum Gasteiger partial charge on any atom is 0.237 e. The molecule has 1 unspecified atom stereocenters. The molecule has 0 aliphatic carbocycles. The van der Waals surface area contributed by atoms with Crippen LogP contribution in [0.5, 0.6) is 0 Å². The number of carbonyl (C=O) groups is 1. The summed E-state index contributed by atoms with van der Waals surface area (Å²) < 4.78 is 5.22. The number of nitrogens with one attached hydrogen (secondary N) is 1. The largest absolute Gasteiger partial charge is 0.468 e. The van der Waals surface area contributed by atoms with Crippen molar-refractivity contribution < 1.29 is 9.21 Å². The monoisotopic (exact) mass is 286 g/mol. The molecule has 2 aromatic rings. The fourth-order valence-electron chi connectivity index (χ4n) is 1.59. The number of furan rings is 1. The molecule has 0 radical (unpaired) electrons. The molecule has 2 rings (SSSR count). The molecule has 1 aromatic carbocycles. The lowest BCUT2D eigenvalue weighted by atomic mass is 10.2. The number of benzene rings is 1. The summed E-state index contributed by atoms with van der Waals surface area (Å²) in [6, 6.07) is 12.6. The van der Waals surface area contributed by atoms with Gasteiger partial charge in [0, 0.05) is 5.69 Å². The summed E-state index contributed by atoms with van der Waals surface area (Å²) in [5.41, 5.74) is 1.16. The Hall–Kier alpha value is -2.19. The summed E-state index contributed by atoms with van der Waals surface area (Å²) in [5, 5.41) is 11.4. The first-order valence-corrected chi connectivity index (χ1v) is 7.19. The van der Waals surface area contributed by atoms with Crippen molar-refractivity contribution in [1.82, 2.24) is 0 Å². The van der Waals surface area contributed by atoms with Crippen LogP contribution >= 0.6 is 11.8 Å². The van der Waals surface area contributed by atoms with E-state index in [4.69, 9.17) is 9.68 Å². The van der Waals surface area contributed by atoms with Gasteiger partial charge in [-0.1, -0.05) is 6.07 Å². The van der Waals surface area contributed by atoms with E-state index in [0.717, 1.165) is 5.76 Å². The number of nitrogens with zero attached hydrogens (tertiary/aromatic N) is 1. The molecular formula is C15H14N2O2S. The molecule has 1 atom stereocenters. The van der Waals surface area contributed by atoms with Crippen LogP contribution in [0.4, 0.5) is 5.69 Å². The second-order valence-electron chi connectivity index (χ2n) is 4.21. The number of hydrogen-bond donors (Lipinski definition) is 1. The van der Waals surface area contributed by atoms with E-state index in [9.17, 15) is 4.79 Å². The van der Waals surface area contributed by atoms with Crippen LogP contribution in [0.25, 0.3) is 0 Å². The maximum atomic E-state index is 12.0. The number of anilines is 1. The average molecular weight is 286 g/mol. The number of hydrogen-bond acceptors (Lipinski definition) is 4. The maximum absolute atomic E-state index is 12.0. The van der Waals surface area contributed by atoms with Gasteiger partial charge in [-0.25, -0.2) is 0 Å². The Morgan fingerprint density at radius 2 is 2.30 bits per heavy atom. The van der Waals surface area contributed by atoms with E-state index in [-0.39, 0.29) is 11.2 Å². The highest BCUT2D eigenvalue weighted by Crippen LogP contribution is 2.19. The molecule has 1 N–H and O–H groups in total. The molecule has 1 amide bonds. The van der Waals surface area contributed by atoms with Crippen LogP contribution in [0, 0.1) is 11.3 Å². The Kier molecular flexibility index (Phi) is 4.85. The lowest BCUT2D eigenvalue weighted by Gasteiger charge is -2.11. The van der Waals surface area contributed by atoms with Crippen molar-refractivity contribution in [3.8, 4) is 6.07 Å². The average Bonchev–Trinajstić information content (AvgIpc) is 2.98. The Labute approximate surface area is 121 Å². The molecule has 0 bridgehead atoms. The van der Waals surface area contributed by atoms with Gasteiger partial charge in [-0.3, -0.25) is 4.79 Å². The minimum atomic E-state index is -0.203. The van der Waals surface area contributed by atoms with Gasteiger partial charge in [0.25, 0.3) is 0 Å². The quantitative estimate of drug-likeness (QED) is 0.914. The van der Waals surface area contributed by atoms with Crippen LogP contribution in [-0.2, 0) is 10.5 Å². The van der Waals surface area contributed by atoms with Crippen LogP contribution in [0.3, 0.4) is 0 Å². The summed E-state index contributed by atoms with van der Waals surface area (Å²) in [5.74, 6) is 1.41. The summed E-state index contributed by atoms with van der Waals surface area (Å²) in [6.45, 7) is 1.84. The van der Waals surface area contributed by atoms with Gasteiger partial charge in [0.1, 0.15) is 5.76 Å². The minimum absolute atomic E-state index is 0.0864. The summed E-state index contributed by atoms with van der Waals surface area (Å²) in [6.07, 6.45) is 1.62. The summed E-state index contributed by atoms with van der Waals surface area (Å²) in [7, 11) is 0. The van der Waals surface area contributed by atoms with Crippen molar-refractivity contribution in [1.29, 1.82) is 5.26 Å². The molecule has 102 valence electrons. The molecule has 20 heavy (non-hydrogen) atoms. The topological polar surface area (TPSA) is 66.0 Å². The van der Waals surface area contributed by atoms with Crippen LogP contribution in [0.1, 0.15) is 18.2 Å². The molecule has 4 nitrogen and oxygen atoms in total. The van der Waals surface area contributed by atoms with Crippen LogP contribution in [0.2, 0.25) is 0 Å². The Morgan fingerprint density at radius 3 is 3.00 bits per heavy atom. The second kappa shape index (κ2) is 6.83. The van der Waals surface area contributed by atoms with Crippen LogP contribution < -0.4 is 5.32 Å². The molecule has 1 heterocycles. The van der Waals surface area contributed by atoms with Gasteiger partial charge in [0.2, 0.25) is 5.91 Å². The smallest absolute Gasteiger partial charge is 0.237 e. The summed E-state index contributed by atoms with van der Waals surface area (Å²) >= 11 is 1.50. The van der Waals surface area contributed by atoms with Crippen molar-refractivity contribution in [2.45, 2.75) is 17.9 Å². The van der Waals surface area contributed by atoms with E-state index < -0.39 is 0 Å². The molecular weight excluding hydrogens is 272 g/mol. The van der Waals surface area contributed by atoms with E-state index in [2.05, 4.69) is 5.32 Å². The molecule has 0 saturated carbocycles. The first-order valence-electron chi connectivity index (χ1n) is 6.14. The number of thioether (sulfide) groups is 1. The highest BCUT2D eigenvalue weighted by atomic mass is 32.2. The van der Waals surface area contributed by atoms with E-state index in [0.29, 0.717) is 17.0 Å². The van der Waals surface area contributed by atoms with E-state index in [1.165, 1.54) is 11.8 Å². The molecule has 0 spiro atoms. The third-order valence-electron chi connectivity index (χ3n) is 2.68. The van der Waals surface area contributed by atoms with Gasteiger partial charge in [0.15, 0.2) is 0 Å². The zero-order chi connectivity index (χ0) is 14.4. The molecule has 0 fully saturated rings. The van der Waals surface area contributed by atoms with Crippen molar-refractivity contribution in [3.63, 3.8) is 0 Å². The van der Waals surface area contributed by atoms with Gasteiger partial charge >= 0.3 is 0 Å². The standard InChI is InChI=1S/C15H14N2O2S/c1-11(20-10-14-6-3-7-19-14)15(18)17-13-5-2-4-12(8-13)9-16/h2-8,11H,10H2,1H3,(H,17,18). The molecule has 0 aliphatic rings. The molecule has 0 saturated heterocycles. The molecule has 1 aromatic heterocycles.